The molecular formula is C25H23N3O3. The summed E-state index contributed by atoms with van der Waals surface area (Å²) in [4.78, 5) is 12.2. The minimum absolute atomic E-state index is 0.300. The molecule has 0 heterocycles. The van der Waals surface area contributed by atoms with Crippen molar-refractivity contribution in [3.05, 3.63) is 95.1 Å². The Morgan fingerprint density at radius 2 is 1.81 bits per heavy atom. The van der Waals surface area contributed by atoms with Crippen molar-refractivity contribution in [1.82, 2.24) is 5.43 Å². The van der Waals surface area contributed by atoms with E-state index in [4.69, 9.17) is 14.7 Å². The quantitative estimate of drug-likeness (QED) is 0.407. The van der Waals surface area contributed by atoms with Crippen molar-refractivity contribution in [2.45, 2.75) is 20.0 Å². The third-order valence-electron chi connectivity index (χ3n) is 4.32. The summed E-state index contributed by atoms with van der Waals surface area (Å²) in [5.74, 6) is 1.12. The fourth-order valence-electron chi connectivity index (χ4n) is 2.68. The fraction of sp³-hybridized carbons (Fsp3) is 0.160. The number of carbonyl (C=O) groups excluding carboxylic acids is 1. The summed E-state index contributed by atoms with van der Waals surface area (Å²) in [6.07, 6.45) is 2.49. The highest BCUT2D eigenvalue weighted by Gasteiger charge is 2.04. The molecule has 0 bridgehead atoms. The van der Waals surface area contributed by atoms with Gasteiger partial charge in [-0.15, -0.1) is 0 Å². The van der Waals surface area contributed by atoms with E-state index in [1.54, 1.807) is 42.6 Å². The van der Waals surface area contributed by atoms with Gasteiger partial charge in [0.1, 0.15) is 18.1 Å². The minimum atomic E-state index is -0.300. The van der Waals surface area contributed by atoms with Gasteiger partial charge < -0.3 is 9.47 Å². The molecular weight excluding hydrogens is 390 g/mol. The lowest BCUT2D eigenvalue weighted by Crippen LogP contribution is -2.17. The molecule has 3 aromatic carbocycles. The van der Waals surface area contributed by atoms with Crippen LogP contribution in [0.5, 0.6) is 11.5 Å². The number of benzene rings is 3. The lowest BCUT2D eigenvalue weighted by Gasteiger charge is -2.07. The van der Waals surface area contributed by atoms with Crippen LogP contribution in [0.25, 0.3) is 0 Å². The summed E-state index contributed by atoms with van der Waals surface area (Å²) in [6.45, 7) is 3.07. The second-order valence-electron chi connectivity index (χ2n) is 6.74. The molecule has 0 aliphatic rings. The predicted molar refractivity (Wildman–Crippen MR) is 119 cm³/mol. The van der Waals surface area contributed by atoms with Crippen molar-refractivity contribution in [2.75, 3.05) is 6.61 Å². The first-order chi connectivity index (χ1) is 15.2. The van der Waals surface area contributed by atoms with Gasteiger partial charge in [0.25, 0.3) is 5.91 Å². The molecule has 156 valence electrons. The topological polar surface area (TPSA) is 83.7 Å². The SMILES string of the molecule is CCCOc1ccc(C(=O)N/N=C/c2cccc(OCc3ccc(C#N)cc3)c2)cc1. The first-order valence-corrected chi connectivity index (χ1v) is 9.96. The number of nitrogens with zero attached hydrogens (tertiary/aromatic N) is 2. The molecule has 3 aromatic rings. The summed E-state index contributed by atoms with van der Waals surface area (Å²) in [5.41, 5.74) is 5.40. The lowest BCUT2D eigenvalue weighted by atomic mass is 10.1. The Kier molecular flexibility index (Phi) is 7.78. The number of amides is 1. The zero-order valence-corrected chi connectivity index (χ0v) is 17.2. The van der Waals surface area contributed by atoms with Crippen molar-refractivity contribution in [3.63, 3.8) is 0 Å². The minimum Gasteiger partial charge on any atom is -0.494 e. The monoisotopic (exact) mass is 413 g/mol. The Morgan fingerprint density at radius 1 is 1.03 bits per heavy atom. The Bertz CT molecular complexity index is 1070. The molecule has 6 nitrogen and oxygen atoms in total. The number of rotatable bonds is 9. The Morgan fingerprint density at radius 3 is 2.52 bits per heavy atom. The summed E-state index contributed by atoms with van der Waals surface area (Å²) >= 11 is 0. The summed E-state index contributed by atoms with van der Waals surface area (Å²) in [7, 11) is 0. The number of ether oxygens (including phenoxy) is 2. The van der Waals surface area contributed by atoms with Crippen LogP contribution in [0.3, 0.4) is 0 Å². The van der Waals surface area contributed by atoms with Crippen LogP contribution in [0.1, 0.15) is 40.4 Å². The molecule has 6 heteroatoms. The number of carbonyl (C=O) groups is 1. The maximum Gasteiger partial charge on any atom is 0.271 e. The molecule has 0 saturated heterocycles. The number of hydrazone groups is 1. The lowest BCUT2D eigenvalue weighted by molar-refractivity contribution is 0.0955. The largest absolute Gasteiger partial charge is 0.494 e. The first-order valence-electron chi connectivity index (χ1n) is 9.96. The van der Waals surface area contributed by atoms with Crippen LogP contribution in [0.2, 0.25) is 0 Å². The van der Waals surface area contributed by atoms with E-state index in [0.717, 1.165) is 23.3 Å². The van der Waals surface area contributed by atoms with E-state index in [-0.39, 0.29) is 5.91 Å². The normalized spacial score (nSPS) is 10.5. The molecule has 0 radical (unpaired) electrons. The summed E-state index contributed by atoms with van der Waals surface area (Å²) in [6, 6.07) is 23.7. The second kappa shape index (κ2) is 11.2. The van der Waals surface area contributed by atoms with Crippen LogP contribution in [0, 0.1) is 11.3 Å². The zero-order chi connectivity index (χ0) is 21.9. The molecule has 0 aliphatic heterocycles. The van der Waals surface area contributed by atoms with E-state index in [2.05, 4.69) is 16.6 Å². The average molecular weight is 413 g/mol. The van der Waals surface area contributed by atoms with Crippen LogP contribution in [-0.2, 0) is 6.61 Å². The maximum absolute atomic E-state index is 12.2. The number of hydrogen-bond donors (Lipinski definition) is 1. The van der Waals surface area contributed by atoms with E-state index in [0.29, 0.717) is 30.1 Å². The van der Waals surface area contributed by atoms with E-state index in [1.807, 2.05) is 43.3 Å². The molecule has 0 aromatic heterocycles. The van der Waals surface area contributed by atoms with Gasteiger partial charge >= 0.3 is 0 Å². The van der Waals surface area contributed by atoms with Crippen LogP contribution in [-0.4, -0.2) is 18.7 Å². The third kappa shape index (κ3) is 6.72. The van der Waals surface area contributed by atoms with Crippen molar-refractivity contribution >= 4 is 12.1 Å². The van der Waals surface area contributed by atoms with Gasteiger partial charge in [-0.05, 0) is 66.1 Å². The fourth-order valence-corrected chi connectivity index (χ4v) is 2.68. The van der Waals surface area contributed by atoms with Gasteiger partial charge in [0.05, 0.1) is 24.5 Å². The standard InChI is InChI=1S/C25H23N3O3/c1-2-14-30-23-12-10-22(11-13-23)25(29)28-27-17-21-4-3-5-24(15-21)31-18-20-8-6-19(16-26)7-9-20/h3-13,15,17H,2,14,18H2,1H3,(H,28,29)/b27-17+. The second-order valence-corrected chi connectivity index (χ2v) is 6.74. The predicted octanol–water partition coefficient (Wildman–Crippen LogP) is 4.69. The Labute approximate surface area is 181 Å². The Hall–Kier alpha value is -4.11. The van der Waals surface area contributed by atoms with Gasteiger partial charge in [0, 0.05) is 5.56 Å². The van der Waals surface area contributed by atoms with Gasteiger partial charge in [0.15, 0.2) is 0 Å². The number of hydrogen-bond acceptors (Lipinski definition) is 5. The highest BCUT2D eigenvalue weighted by molar-refractivity contribution is 5.95. The van der Waals surface area contributed by atoms with Gasteiger partial charge in [-0.1, -0.05) is 31.2 Å². The van der Waals surface area contributed by atoms with E-state index in [1.165, 1.54) is 0 Å². The molecule has 1 N–H and O–H groups in total. The van der Waals surface area contributed by atoms with Gasteiger partial charge in [-0.3, -0.25) is 4.79 Å². The van der Waals surface area contributed by atoms with Crippen LogP contribution >= 0.6 is 0 Å². The average Bonchev–Trinajstić information content (AvgIpc) is 2.82. The third-order valence-corrected chi connectivity index (χ3v) is 4.32. The molecule has 0 spiro atoms. The van der Waals surface area contributed by atoms with E-state index < -0.39 is 0 Å². The van der Waals surface area contributed by atoms with Crippen molar-refractivity contribution in [1.29, 1.82) is 5.26 Å². The molecule has 0 atom stereocenters. The Balaban J connectivity index is 1.52. The van der Waals surface area contributed by atoms with Crippen molar-refractivity contribution < 1.29 is 14.3 Å². The van der Waals surface area contributed by atoms with Crippen molar-refractivity contribution in [3.8, 4) is 17.6 Å². The molecule has 0 unspecified atom stereocenters. The molecule has 0 aliphatic carbocycles. The van der Waals surface area contributed by atoms with Gasteiger partial charge in [-0.2, -0.15) is 10.4 Å². The zero-order valence-electron chi connectivity index (χ0n) is 17.2. The smallest absolute Gasteiger partial charge is 0.271 e. The molecule has 1 amide bonds. The maximum atomic E-state index is 12.2. The van der Waals surface area contributed by atoms with E-state index in [9.17, 15) is 4.79 Å². The molecule has 0 fully saturated rings. The highest BCUT2D eigenvalue weighted by atomic mass is 16.5. The molecule has 31 heavy (non-hydrogen) atoms. The van der Waals surface area contributed by atoms with E-state index >= 15 is 0 Å². The first kappa shape index (κ1) is 21.6. The summed E-state index contributed by atoms with van der Waals surface area (Å²) < 4.78 is 11.3. The summed E-state index contributed by atoms with van der Waals surface area (Å²) in [5, 5.41) is 12.9. The van der Waals surface area contributed by atoms with Crippen LogP contribution < -0.4 is 14.9 Å². The molecule has 0 saturated carbocycles. The molecule has 3 rings (SSSR count). The highest BCUT2D eigenvalue weighted by Crippen LogP contribution is 2.15. The van der Waals surface area contributed by atoms with Crippen LogP contribution in [0.15, 0.2) is 77.9 Å². The number of nitrogens with one attached hydrogen (secondary N) is 1. The van der Waals surface area contributed by atoms with Gasteiger partial charge in [0.2, 0.25) is 0 Å². The number of nitriles is 1. The van der Waals surface area contributed by atoms with Gasteiger partial charge in [-0.25, -0.2) is 5.43 Å². The van der Waals surface area contributed by atoms with Crippen LogP contribution in [0.4, 0.5) is 0 Å². The van der Waals surface area contributed by atoms with Crippen molar-refractivity contribution in [2.24, 2.45) is 5.10 Å².